The van der Waals surface area contributed by atoms with Crippen molar-refractivity contribution in [1.82, 2.24) is 9.47 Å². The fraction of sp³-hybridized carbons (Fsp3) is 0.550. The zero-order valence-electron chi connectivity index (χ0n) is 15.1. The molecule has 2 aliphatic heterocycles. The molecule has 4 rings (SSSR count). The molecule has 25 heavy (non-hydrogen) atoms. The van der Waals surface area contributed by atoms with Crippen LogP contribution in [-0.2, 0) is 11.8 Å². The smallest absolute Gasteiger partial charge is 0.270 e. The predicted octanol–water partition coefficient (Wildman–Crippen LogP) is 3.36. The van der Waals surface area contributed by atoms with Crippen LogP contribution < -0.4 is 4.74 Å². The zero-order chi connectivity index (χ0) is 17.4. The molecule has 1 atom stereocenters. The molecule has 1 amide bonds. The topological polar surface area (TPSA) is 43.7 Å². The van der Waals surface area contributed by atoms with Gasteiger partial charge in [0.2, 0.25) is 0 Å². The third kappa shape index (κ3) is 2.91. The van der Waals surface area contributed by atoms with Crippen molar-refractivity contribution in [3.05, 3.63) is 30.0 Å². The van der Waals surface area contributed by atoms with Gasteiger partial charge in [-0.05, 0) is 56.4 Å². The number of hydrogen-bond donors (Lipinski definition) is 0. The molecule has 0 bridgehead atoms. The number of carbonyl (C=O) groups excluding carboxylic acids is 1. The van der Waals surface area contributed by atoms with Gasteiger partial charge in [0, 0.05) is 37.6 Å². The second-order valence-electron chi connectivity index (χ2n) is 7.29. The number of ether oxygens (including phenoxy) is 2. The molecule has 1 aromatic heterocycles. The second kappa shape index (κ2) is 6.37. The SMILES string of the molecule is COc1ccc2c(c1)cc(C(=O)N1CCC[C@]3(CCCO3)CC1)n2C. The predicted molar refractivity (Wildman–Crippen MR) is 97.1 cm³/mol. The van der Waals surface area contributed by atoms with E-state index in [9.17, 15) is 4.79 Å². The van der Waals surface area contributed by atoms with E-state index < -0.39 is 0 Å². The number of rotatable bonds is 2. The van der Waals surface area contributed by atoms with Crippen LogP contribution in [0.2, 0.25) is 0 Å². The van der Waals surface area contributed by atoms with Gasteiger partial charge >= 0.3 is 0 Å². The summed E-state index contributed by atoms with van der Waals surface area (Å²) in [4.78, 5) is 15.1. The van der Waals surface area contributed by atoms with Crippen molar-refractivity contribution in [3.63, 3.8) is 0 Å². The summed E-state index contributed by atoms with van der Waals surface area (Å²) in [5.74, 6) is 0.930. The fourth-order valence-corrected chi connectivity index (χ4v) is 4.34. The Labute approximate surface area is 148 Å². The van der Waals surface area contributed by atoms with Crippen LogP contribution in [0.1, 0.15) is 42.6 Å². The van der Waals surface area contributed by atoms with E-state index in [1.54, 1.807) is 7.11 Å². The van der Waals surface area contributed by atoms with Gasteiger partial charge in [0.05, 0.1) is 12.7 Å². The summed E-state index contributed by atoms with van der Waals surface area (Å²) in [6.45, 7) is 2.47. The van der Waals surface area contributed by atoms with Crippen LogP contribution in [0.25, 0.3) is 10.9 Å². The molecule has 0 aliphatic carbocycles. The zero-order valence-corrected chi connectivity index (χ0v) is 15.1. The Balaban J connectivity index is 1.58. The number of aromatic nitrogens is 1. The first kappa shape index (κ1) is 16.5. The molecule has 2 saturated heterocycles. The number of amides is 1. The molecule has 3 heterocycles. The summed E-state index contributed by atoms with van der Waals surface area (Å²) in [5.41, 5.74) is 1.82. The molecule has 5 heteroatoms. The lowest BCUT2D eigenvalue weighted by atomic mass is 9.92. The first-order chi connectivity index (χ1) is 12.1. The summed E-state index contributed by atoms with van der Waals surface area (Å²) in [6, 6.07) is 7.90. The second-order valence-corrected chi connectivity index (χ2v) is 7.29. The van der Waals surface area contributed by atoms with Crippen molar-refractivity contribution < 1.29 is 14.3 Å². The minimum Gasteiger partial charge on any atom is -0.497 e. The quantitative estimate of drug-likeness (QED) is 0.840. The van der Waals surface area contributed by atoms with Crippen LogP contribution in [-0.4, -0.2) is 47.8 Å². The molecule has 2 fully saturated rings. The van der Waals surface area contributed by atoms with E-state index in [0.29, 0.717) is 0 Å². The van der Waals surface area contributed by atoms with Gasteiger partial charge < -0.3 is 18.9 Å². The largest absolute Gasteiger partial charge is 0.497 e. The average Bonchev–Trinajstić information content (AvgIpc) is 3.15. The van der Waals surface area contributed by atoms with Gasteiger partial charge in [-0.1, -0.05) is 0 Å². The van der Waals surface area contributed by atoms with E-state index >= 15 is 0 Å². The maximum atomic E-state index is 13.1. The van der Waals surface area contributed by atoms with Gasteiger partial charge in [0.15, 0.2) is 0 Å². The van der Waals surface area contributed by atoms with Crippen LogP contribution in [0.4, 0.5) is 0 Å². The highest BCUT2D eigenvalue weighted by molar-refractivity contribution is 5.99. The Morgan fingerprint density at radius 3 is 2.76 bits per heavy atom. The minimum atomic E-state index is 0.0291. The number of fused-ring (bicyclic) bond motifs is 1. The molecule has 5 nitrogen and oxygen atoms in total. The molecule has 0 saturated carbocycles. The Morgan fingerprint density at radius 2 is 2.00 bits per heavy atom. The molecule has 2 aromatic rings. The number of methoxy groups -OCH3 is 1. The lowest BCUT2D eigenvalue weighted by Gasteiger charge is -2.27. The Bertz CT molecular complexity index is 790. The fourth-order valence-electron chi connectivity index (χ4n) is 4.34. The number of carbonyl (C=O) groups is 1. The molecular weight excluding hydrogens is 316 g/mol. The summed E-state index contributed by atoms with van der Waals surface area (Å²) in [7, 11) is 3.62. The first-order valence-electron chi connectivity index (χ1n) is 9.19. The van der Waals surface area contributed by atoms with E-state index in [2.05, 4.69) is 0 Å². The molecule has 1 spiro atoms. The van der Waals surface area contributed by atoms with Gasteiger partial charge in [-0.2, -0.15) is 0 Å². The van der Waals surface area contributed by atoms with Gasteiger partial charge in [0.1, 0.15) is 11.4 Å². The van der Waals surface area contributed by atoms with Crippen molar-refractivity contribution in [2.75, 3.05) is 26.8 Å². The molecule has 0 unspecified atom stereocenters. The Hall–Kier alpha value is -2.01. The minimum absolute atomic E-state index is 0.0291. The van der Waals surface area contributed by atoms with Gasteiger partial charge in [0.25, 0.3) is 5.91 Å². The van der Waals surface area contributed by atoms with E-state index in [-0.39, 0.29) is 11.5 Å². The van der Waals surface area contributed by atoms with Crippen molar-refractivity contribution in [1.29, 1.82) is 0 Å². The molecule has 0 N–H and O–H groups in total. The summed E-state index contributed by atoms with van der Waals surface area (Å²) in [5, 5.41) is 1.04. The van der Waals surface area contributed by atoms with Crippen molar-refractivity contribution in [3.8, 4) is 5.75 Å². The molecular formula is C20H26N2O3. The van der Waals surface area contributed by atoms with Gasteiger partial charge in [-0.3, -0.25) is 4.79 Å². The van der Waals surface area contributed by atoms with Crippen molar-refractivity contribution in [2.45, 2.75) is 37.7 Å². The van der Waals surface area contributed by atoms with E-state index in [1.807, 2.05) is 40.8 Å². The van der Waals surface area contributed by atoms with Crippen LogP contribution in [0.3, 0.4) is 0 Å². The highest BCUT2D eigenvalue weighted by atomic mass is 16.5. The van der Waals surface area contributed by atoms with Gasteiger partial charge in [-0.15, -0.1) is 0 Å². The molecule has 134 valence electrons. The summed E-state index contributed by atoms with van der Waals surface area (Å²) >= 11 is 0. The van der Waals surface area contributed by atoms with Crippen molar-refractivity contribution >= 4 is 16.8 Å². The standard InChI is InChI=1S/C20H26N2O3/c1-21-17-6-5-16(24-2)13-15(17)14-18(21)19(23)22-10-3-7-20(9-11-22)8-4-12-25-20/h5-6,13-14H,3-4,7-12H2,1-2H3/t20-/m0/s1. The number of nitrogens with zero attached hydrogens (tertiary/aromatic N) is 2. The monoisotopic (exact) mass is 342 g/mol. The lowest BCUT2D eigenvalue weighted by molar-refractivity contribution is -0.00693. The normalized spacial score (nSPS) is 24.0. The van der Waals surface area contributed by atoms with Crippen LogP contribution in [0.15, 0.2) is 24.3 Å². The third-order valence-electron chi connectivity index (χ3n) is 5.84. The van der Waals surface area contributed by atoms with E-state index in [1.165, 1.54) is 0 Å². The number of likely N-dealkylation sites (tertiary alicyclic amines) is 1. The molecule has 2 aliphatic rings. The summed E-state index contributed by atoms with van der Waals surface area (Å²) < 4.78 is 13.3. The van der Waals surface area contributed by atoms with Crippen LogP contribution >= 0.6 is 0 Å². The van der Waals surface area contributed by atoms with E-state index in [4.69, 9.17) is 9.47 Å². The Morgan fingerprint density at radius 1 is 1.16 bits per heavy atom. The maximum Gasteiger partial charge on any atom is 0.270 e. The number of hydrogen-bond acceptors (Lipinski definition) is 3. The van der Waals surface area contributed by atoms with Gasteiger partial charge in [-0.25, -0.2) is 0 Å². The Kier molecular flexibility index (Phi) is 4.20. The average molecular weight is 342 g/mol. The van der Waals surface area contributed by atoms with Crippen molar-refractivity contribution in [2.24, 2.45) is 7.05 Å². The van der Waals surface area contributed by atoms with Crippen LogP contribution in [0.5, 0.6) is 5.75 Å². The molecule has 1 aromatic carbocycles. The number of aryl methyl sites for hydroxylation is 1. The summed E-state index contributed by atoms with van der Waals surface area (Å²) in [6.07, 6.45) is 5.34. The van der Waals surface area contributed by atoms with E-state index in [0.717, 1.165) is 74.1 Å². The van der Waals surface area contributed by atoms with Crippen LogP contribution in [0, 0.1) is 0 Å². The third-order valence-corrected chi connectivity index (χ3v) is 5.84. The highest BCUT2D eigenvalue weighted by Gasteiger charge is 2.37. The molecule has 0 radical (unpaired) electrons. The maximum absolute atomic E-state index is 13.1. The first-order valence-corrected chi connectivity index (χ1v) is 9.19. The highest BCUT2D eigenvalue weighted by Crippen LogP contribution is 2.36. The lowest BCUT2D eigenvalue weighted by Crippen LogP contribution is -2.35. The number of benzene rings is 1.